The number of carbonyl (C=O) groups is 1. The number of carbonyl (C=O) groups excluding carboxylic acids is 1. The van der Waals surface area contributed by atoms with E-state index in [0.717, 1.165) is 47.6 Å². The highest BCUT2D eigenvalue weighted by molar-refractivity contribution is 6.07. The molecular weight excluding hydrogens is 326 g/mol. The minimum Gasteiger partial charge on any atom is -0.488 e. The molecule has 1 amide bonds. The molecule has 0 saturated heterocycles. The fourth-order valence-corrected chi connectivity index (χ4v) is 4.02. The Morgan fingerprint density at radius 1 is 1.12 bits per heavy atom. The molecule has 3 heterocycles. The van der Waals surface area contributed by atoms with E-state index in [-0.39, 0.29) is 5.91 Å². The number of hydrogen-bond acceptors (Lipinski definition) is 3. The van der Waals surface area contributed by atoms with Gasteiger partial charge in [-0.25, -0.2) is 0 Å². The normalized spacial score (nSPS) is 14.9. The molecule has 0 aliphatic carbocycles. The van der Waals surface area contributed by atoms with Crippen LogP contribution in [0.3, 0.4) is 0 Å². The van der Waals surface area contributed by atoms with E-state index in [1.807, 2.05) is 54.4 Å². The third-order valence-electron chi connectivity index (χ3n) is 5.22. The third kappa shape index (κ3) is 2.17. The van der Waals surface area contributed by atoms with E-state index < -0.39 is 0 Å². The number of rotatable bonds is 1. The number of amides is 1. The number of anilines is 1. The highest BCUT2D eigenvalue weighted by atomic mass is 16.5. The van der Waals surface area contributed by atoms with Crippen molar-refractivity contribution in [3.8, 4) is 17.0 Å². The average molecular weight is 345 g/mol. The quantitative estimate of drug-likeness (QED) is 0.677. The average Bonchev–Trinajstić information content (AvgIpc) is 3.04. The zero-order valence-electron chi connectivity index (χ0n) is 14.6. The number of benzene rings is 2. The standard InChI is InChI=1S/C21H19N3O2/c1-23-20-15-9-3-5-11-18(15)26-13-16(20)19(22-23)21(25)24-12-6-8-14-7-2-4-10-17(14)24/h2-5,7,9-11H,6,8,12-13H2,1H3. The number of ether oxygens (including phenoxy) is 1. The topological polar surface area (TPSA) is 47.4 Å². The van der Waals surface area contributed by atoms with E-state index in [2.05, 4.69) is 11.2 Å². The van der Waals surface area contributed by atoms with E-state index >= 15 is 0 Å². The van der Waals surface area contributed by atoms with Gasteiger partial charge in [0.15, 0.2) is 5.69 Å². The molecule has 2 aliphatic heterocycles. The number of aryl methyl sites for hydroxylation is 2. The fourth-order valence-electron chi connectivity index (χ4n) is 4.02. The van der Waals surface area contributed by atoms with Crippen molar-refractivity contribution in [1.29, 1.82) is 0 Å². The monoisotopic (exact) mass is 345 g/mol. The second-order valence-corrected chi connectivity index (χ2v) is 6.77. The van der Waals surface area contributed by atoms with E-state index in [4.69, 9.17) is 4.74 Å². The first-order chi connectivity index (χ1) is 12.7. The second-order valence-electron chi connectivity index (χ2n) is 6.77. The van der Waals surface area contributed by atoms with Crippen LogP contribution in [-0.4, -0.2) is 22.2 Å². The molecule has 0 spiro atoms. The lowest BCUT2D eigenvalue weighted by Crippen LogP contribution is -2.36. The van der Waals surface area contributed by atoms with Crippen LogP contribution in [0.5, 0.6) is 5.75 Å². The molecule has 5 heteroatoms. The summed E-state index contributed by atoms with van der Waals surface area (Å²) >= 11 is 0. The van der Waals surface area contributed by atoms with Crippen molar-refractivity contribution in [2.75, 3.05) is 11.4 Å². The van der Waals surface area contributed by atoms with Gasteiger partial charge in [0.05, 0.1) is 5.69 Å². The van der Waals surface area contributed by atoms with Gasteiger partial charge in [-0.2, -0.15) is 5.10 Å². The third-order valence-corrected chi connectivity index (χ3v) is 5.22. The molecule has 26 heavy (non-hydrogen) atoms. The Morgan fingerprint density at radius 3 is 2.85 bits per heavy atom. The van der Waals surface area contributed by atoms with E-state index in [9.17, 15) is 4.79 Å². The van der Waals surface area contributed by atoms with Gasteiger partial charge in [0.2, 0.25) is 0 Å². The Kier molecular flexibility index (Phi) is 3.35. The summed E-state index contributed by atoms with van der Waals surface area (Å²) in [5, 5.41) is 4.58. The summed E-state index contributed by atoms with van der Waals surface area (Å²) in [7, 11) is 1.89. The summed E-state index contributed by atoms with van der Waals surface area (Å²) in [5.41, 5.74) is 5.55. The molecule has 0 N–H and O–H groups in total. The molecule has 5 rings (SSSR count). The maximum atomic E-state index is 13.4. The molecular formula is C21H19N3O2. The van der Waals surface area contributed by atoms with Gasteiger partial charge in [0.1, 0.15) is 12.4 Å². The van der Waals surface area contributed by atoms with Crippen LogP contribution in [0.25, 0.3) is 11.3 Å². The first kappa shape index (κ1) is 15.2. The van der Waals surface area contributed by atoms with Gasteiger partial charge in [0.25, 0.3) is 5.91 Å². The molecule has 5 nitrogen and oxygen atoms in total. The maximum Gasteiger partial charge on any atom is 0.279 e. The van der Waals surface area contributed by atoms with Gasteiger partial charge < -0.3 is 9.64 Å². The van der Waals surface area contributed by atoms with Crippen molar-refractivity contribution >= 4 is 11.6 Å². The summed E-state index contributed by atoms with van der Waals surface area (Å²) in [4.78, 5) is 15.2. The van der Waals surface area contributed by atoms with Crippen LogP contribution in [0.4, 0.5) is 5.69 Å². The van der Waals surface area contributed by atoms with Crippen molar-refractivity contribution < 1.29 is 9.53 Å². The SMILES string of the molecule is Cn1nc(C(=O)N2CCCc3ccccc32)c2c1-c1ccccc1OC2. The Balaban J connectivity index is 1.61. The van der Waals surface area contributed by atoms with Gasteiger partial charge >= 0.3 is 0 Å². The Hall–Kier alpha value is -3.08. The minimum atomic E-state index is -0.0445. The van der Waals surface area contributed by atoms with Gasteiger partial charge in [-0.15, -0.1) is 0 Å². The molecule has 3 aromatic rings. The van der Waals surface area contributed by atoms with Gasteiger partial charge in [0, 0.05) is 30.4 Å². The van der Waals surface area contributed by atoms with Crippen molar-refractivity contribution in [3.05, 3.63) is 65.4 Å². The molecule has 1 aromatic heterocycles. The first-order valence-corrected chi connectivity index (χ1v) is 8.92. The lowest BCUT2D eigenvalue weighted by Gasteiger charge is -2.29. The minimum absolute atomic E-state index is 0.0445. The molecule has 0 bridgehead atoms. The smallest absolute Gasteiger partial charge is 0.279 e. The van der Waals surface area contributed by atoms with Gasteiger partial charge in [-0.05, 0) is 36.6 Å². The zero-order valence-corrected chi connectivity index (χ0v) is 14.6. The molecule has 2 aliphatic rings. The van der Waals surface area contributed by atoms with Crippen LogP contribution >= 0.6 is 0 Å². The molecule has 2 aromatic carbocycles. The summed E-state index contributed by atoms with van der Waals surface area (Å²) in [6, 6.07) is 16.0. The highest BCUT2D eigenvalue weighted by Gasteiger charge is 2.32. The number of fused-ring (bicyclic) bond motifs is 4. The Bertz CT molecular complexity index is 1020. The highest BCUT2D eigenvalue weighted by Crippen LogP contribution is 2.39. The molecule has 0 fully saturated rings. The molecule has 0 radical (unpaired) electrons. The van der Waals surface area contributed by atoms with Crippen molar-refractivity contribution in [2.24, 2.45) is 7.05 Å². The van der Waals surface area contributed by atoms with Crippen LogP contribution in [0.2, 0.25) is 0 Å². The lowest BCUT2D eigenvalue weighted by atomic mass is 9.99. The van der Waals surface area contributed by atoms with Crippen LogP contribution in [0, 0.1) is 0 Å². The molecule has 0 unspecified atom stereocenters. The van der Waals surface area contributed by atoms with Crippen molar-refractivity contribution in [2.45, 2.75) is 19.4 Å². The number of hydrogen-bond donors (Lipinski definition) is 0. The summed E-state index contributed by atoms with van der Waals surface area (Å²) in [5.74, 6) is 0.794. The van der Waals surface area contributed by atoms with E-state index in [0.29, 0.717) is 12.3 Å². The lowest BCUT2D eigenvalue weighted by molar-refractivity contribution is 0.0977. The van der Waals surface area contributed by atoms with E-state index in [1.165, 1.54) is 5.56 Å². The predicted octanol–water partition coefficient (Wildman–Crippen LogP) is 3.57. The molecule has 130 valence electrons. The number of aromatic nitrogens is 2. The first-order valence-electron chi connectivity index (χ1n) is 8.92. The Labute approximate surface area is 151 Å². The predicted molar refractivity (Wildman–Crippen MR) is 99.4 cm³/mol. The van der Waals surface area contributed by atoms with Gasteiger partial charge in [-0.3, -0.25) is 9.48 Å². The van der Waals surface area contributed by atoms with Crippen LogP contribution < -0.4 is 9.64 Å². The maximum absolute atomic E-state index is 13.4. The van der Waals surface area contributed by atoms with Crippen LogP contribution in [0.15, 0.2) is 48.5 Å². The summed E-state index contributed by atoms with van der Waals surface area (Å²) in [6.07, 6.45) is 1.98. The second kappa shape index (κ2) is 5.73. The Morgan fingerprint density at radius 2 is 1.92 bits per heavy atom. The largest absolute Gasteiger partial charge is 0.488 e. The molecule has 0 atom stereocenters. The van der Waals surface area contributed by atoms with E-state index in [1.54, 1.807) is 4.68 Å². The van der Waals surface area contributed by atoms with Crippen LogP contribution in [0.1, 0.15) is 28.0 Å². The zero-order chi connectivity index (χ0) is 17.7. The molecule has 0 saturated carbocycles. The number of para-hydroxylation sites is 2. The number of nitrogens with zero attached hydrogens (tertiary/aromatic N) is 3. The van der Waals surface area contributed by atoms with Gasteiger partial charge in [-0.1, -0.05) is 30.3 Å². The van der Waals surface area contributed by atoms with Crippen molar-refractivity contribution in [1.82, 2.24) is 9.78 Å². The summed E-state index contributed by atoms with van der Waals surface area (Å²) in [6.45, 7) is 1.09. The fraction of sp³-hybridized carbons (Fsp3) is 0.238. The van der Waals surface area contributed by atoms with Crippen molar-refractivity contribution in [3.63, 3.8) is 0 Å². The summed E-state index contributed by atoms with van der Waals surface area (Å²) < 4.78 is 7.69. The van der Waals surface area contributed by atoms with Crippen LogP contribution in [-0.2, 0) is 20.1 Å².